The fourth-order valence-electron chi connectivity index (χ4n) is 3.13. The first-order valence-corrected chi connectivity index (χ1v) is 8.38. The molecule has 8 heteroatoms. The fourth-order valence-corrected chi connectivity index (χ4v) is 3.13. The number of aromatic amines is 1. The van der Waals surface area contributed by atoms with E-state index in [1.165, 1.54) is 22.9 Å². The van der Waals surface area contributed by atoms with Gasteiger partial charge in [-0.3, -0.25) is 4.79 Å². The molecule has 1 amide bonds. The third-order valence-electron chi connectivity index (χ3n) is 4.39. The van der Waals surface area contributed by atoms with Crippen LogP contribution in [0.25, 0.3) is 16.6 Å². The van der Waals surface area contributed by atoms with Gasteiger partial charge in [0.1, 0.15) is 17.2 Å². The average molecular weight is 364 g/mol. The Morgan fingerprint density at radius 3 is 2.70 bits per heavy atom. The third-order valence-corrected chi connectivity index (χ3v) is 4.39. The number of hydrogen-bond acceptors (Lipinski definition) is 4. The molecule has 2 heterocycles. The van der Waals surface area contributed by atoms with Gasteiger partial charge < -0.3 is 10.3 Å². The predicted octanol–water partition coefficient (Wildman–Crippen LogP) is 3.46. The lowest BCUT2D eigenvalue weighted by atomic mass is 10.1. The number of halogens is 1. The number of hydrogen-bond donors (Lipinski definition) is 2. The molecule has 0 spiro atoms. The molecule has 2 N–H and O–H groups in total. The van der Waals surface area contributed by atoms with Gasteiger partial charge in [0, 0.05) is 16.6 Å². The quantitative estimate of drug-likeness (QED) is 0.583. The van der Waals surface area contributed by atoms with E-state index in [4.69, 9.17) is 0 Å². The van der Waals surface area contributed by atoms with E-state index in [0.717, 1.165) is 22.0 Å². The summed E-state index contributed by atoms with van der Waals surface area (Å²) in [6, 6.07) is 10.1. The molecule has 4 aromatic rings. The van der Waals surface area contributed by atoms with Crippen LogP contribution in [0.5, 0.6) is 0 Å². The maximum atomic E-state index is 14.2. The van der Waals surface area contributed by atoms with E-state index in [1.54, 1.807) is 6.92 Å². The van der Waals surface area contributed by atoms with Crippen molar-refractivity contribution in [3.8, 4) is 5.69 Å². The van der Waals surface area contributed by atoms with Crippen molar-refractivity contribution in [2.75, 3.05) is 5.32 Å². The Kier molecular flexibility index (Phi) is 3.95. The lowest BCUT2D eigenvalue weighted by molar-refractivity contribution is 0.102. The topological polar surface area (TPSA) is 88.5 Å². The van der Waals surface area contributed by atoms with Crippen LogP contribution in [0, 0.1) is 26.6 Å². The van der Waals surface area contributed by atoms with Crippen molar-refractivity contribution in [2.24, 2.45) is 0 Å². The lowest BCUT2D eigenvalue weighted by Gasteiger charge is -2.08. The van der Waals surface area contributed by atoms with Crippen molar-refractivity contribution in [1.82, 2.24) is 25.2 Å². The van der Waals surface area contributed by atoms with E-state index in [0.29, 0.717) is 17.2 Å². The number of amides is 1. The standard InChI is InChI=1S/C19H17FN6O/c1-10-6-11(2)14-9-17(22-16(14)7-10)19(27)21-13-4-5-15(20)18(8-13)26-12(3)23-24-25-26/h4-9,22H,1-3H3,(H,21,27). The summed E-state index contributed by atoms with van der Waals surface area (Å²) >= 11 is 0. The van der Waals surface area contributed by atoms with Gasteiger partial charge in [0.05, 0.1) is 0 Å². The normalized spacial score (nSPS) is 11.1. The summed E-state index contributed by atoms with van der Waals surface area (Å²) < 4.78 is 15.4. The van der Waals surface area contributed by atoms with Gasteiger partial charge in [-0.25, -0.2) is 4.39 Å². The SMILES string of the molecule is Cc1cc(C)c2cc(C(=O)Nc3ccc(F)c(-n4nnnc4C)c3)[nH]c2c1. The van der Waals surface area contributed by atoms with Gasteiger partial charge in [0.15, 0.2) is 5.82 Å². The Morgan fingerprint density at radius 1 is 1.15 bits per heavy atom. The van der Waals surface area contributed by atoms with Crippen LogP contribution in [0.1, 0.15) is 27.4 Å². The molecule has 0 radical (unpaired) electrons. The first-order chi connectivity index (χ1) is 12.9. The molecule has 0 aliphatic rings. The number of benzene rings is 2. The van der Waals surface area contributed by atoms with Crippen LogP contribution in [0.15, 0.2) is 36.4 Å². The highest BCUT2D eigenvalue weighted by molar-refractivity contribution is 6.06. The van der Waals surface area contributed by atoms with Crippen LogP contribution in [0.3, 0.4) is 0 Å². The Bertz CT molecular complexity index is 1180. The average Bonchev–Trinajstić information content (AvgIpc) is 3.23. The van der Waals surface area contributed by atoms with E-state index in [-0.39, 0.29) is 11.6 Å². The highest BCUT2D eigenvalue weighted by Crippen LogP contribution is 2.23. The predicted molar refractivity (Wildman–Crippen MR) is 99.6 cm³/mol. The Morgan fingerprint density at radius 2 is 1.96 bits per heavy atom. The van der Waals surface area contributed by atoms with Crippen LogP contribution in [0.4, 0.5) is 10.1 Å². The zero-order valence-electron chi connectivity index (χ0n) is 15.0. The minimum absolute atomic E-state index is 0.165. The summed E-state index contributed by atoms with van der Waals surface area (Å²) in [7, 11) is 0. The Hall–Kier alpha value is -3.55. The summed E-state index contributed by atoms with van der Waals surface area (Å²) in [5.41, 5.74) is 4.16. The van der Waals surface area contributed by atoms with Gasteiger partial charge in [0.2, 0.25) is 0 Å². The number of rotatable bonds is 3. The van der Waals surface area contributed by atoms with Crippen LogP contribution in [-0.2, 0) is 0 Å². The summed E-state index contributed by atoms with van der Waals surface area (Å²) in [6.45, 7) is 5.68. The number of H-pyrrole nitrogens is 1. The van der Waals surface area contributed by atoms with E-state index in [2.05, 4.69) is 31.9 Å². The summed E-state index contributed by atoms with van der Waals surface area (Å²) in [5, 5.41) is 14.8. The number of anilines is 1. The van der Waals surface area contributed by atoms with Crippen molar-refractivity contribution in [3.63, 3.8) is 0 Å². The maximum absolute atomic E-state index is 14.2. The molecule has 0 aliphatic carbocycles. The van der Waals surface area contributed by atoms with Crippen molar-refractivity contribution < 1.29 is 9.18 Å². The minimum atomic E-state index is -0.486. The first kappa shape index (κ1) is 16.9. The summed E-state index contributed by atoms with van der Waals surface area (Å²) in [6.07, 6.45) is 0. The zero-order chi connectivity index (χ0) is 19.1. The van der Waals surface area contributed by atoms with Gasteiger partial charge in [0.25, 0.3) is 5.91 Å². The second-order valence-corrected chi connectivity index (χ2v) is 6.48. The largest absolute Gasteiger partial charge is 0.351 e. The minimum Gasteiger partial charge on any atom is -0.351 e. The summed E-state index contributed by atoms with van der Waals surface area (Å²) in [5.74, 6) is -0.354. The van der Waals surface area contributed by atoms with E-state index >= 15 is 0 Å². The fraction of sp³-hybridized carbons (Fsp3) is 0.158. The molecule has 4 rings (SSSR count). The van der Waals surface area contributed by atoms with Crippen LogP contribution >= 0.6 is 0 Å². The number of aryl methyl sites for hydroxylation is 3. The molecule has 27 heavy (non-hydrogen) atoms. The maximum Gasteiger partial charge on any atom is 0.272 e. The number of fused-ring (bicyclic) bond motifs is 1. The molecule has 0 fully saturated rings. The van der Waals surface area contributed by atoms with Gasteiger partial charge in [-0.2, -0.15) is 4.68 Å². The highest BCUT2D eigenvalue weighted by Gasteiger charge is 2.14. The van der Waals surface area contributed by atoms with Gasteiger partial charge in [-0.15, -0.1) is 5.10 Å². The van der Waals surface area contributed by atoms with Crippen LogP contribution < -0.4 is 5.32 Å². The van der Waals surface area contributed by atoms with Crippen molar-refractivity contribution in [3.05, 3.63) is 64.9 Å². The second-order valence-electron chi connectivity index (χ2n) is 6.48. The van der Waals surface area contributed by atoms with E-state index in [9.17, 15) is 9.18 Å². The van der Waals surface area contributed by atoms with Crippen LogP contribution in [0.2, 0.25) is 0 Å². The third kappa shape index (κ3) is 3.05. The molecular formula is C19H17FN6O. The molecule has 2 aromatic heterocycles. The number of nitrogens with one attached hydrogen (secondary N) is 2. The van der Waals surface area contributed by atoms with Gasteiger partial charge in [-0.05, 0) is 72.7 Å². The molecule has 2 aromatic carbocycles. The number of carbonyl (C=O) groups excluding carboxylic acids is 1. The lowest BCUT2D eigenvalue weighted by Crippen LogP contribution is -2.13. The molecule has 0 atom stereocenters. The molecule has 0 bridgehead atoms. The van der Waals surface area contributed by atoms with Gasteiger partial charge in [-0.1, -0.05) is 6.07 Å². The Labute approximate surface area is 154 Å². The van der Waals surface area contributed by atoms with E-state index in [1.807, 2.05) is 26.0 Å². The first-order valence-electron chi connectivity index (χ1n) is 8.38. The molecule has 0 unspecified atom stereocenters. The number of tetrazole rings is 1. The molecular weight excluding hydrogens is 347 g/mol. The number of carbonyl (C=O) groups is 1. The van der Waals surface area contributed by atoms with Crippen molar-refractivity contribution in [2.45, 2.75) is 20.8 Å². The second kappa shape index (κ2) is 6.31. The van der Waals surface area contributed by atoms with E-state index < -0.39 is 5.82 Å². The zero-order valence-corrected chi connectivity index (χ0v) is 15.0. The van der Waals surface area contributed by atoms with Crippen LogP contribution in [-0.4, -0.2) is 31.1 Å². The molecule has 7 nitrogen and oxygen atoms in total. The monoisotopic (exact) mass is 364 g/mol. The Balaban J connectivity index is 1.66. The van der Waals surface area contributed by atoms with Crippen molar-refractivity contribution >= 4 is 22.5 Å². The highest BCUT2D eigenvalue weighted by atomic mass is 19.1. The van der Waals surface area contributed by atoms with Crippen molar-refractivity contribution in [1.29, 1.82) is 0 Å². The van der Waals surface area contributed by atoms with Gasteiger partial charge >= 0.3 is 0 Å². The smallest absolute Gasteiger partial charge is 0.272 e. The number of aromatic nitrogens is 5. The summed E-state index contributed by atoms with van der Waals surface area (Å²) in [4.78, 5) is 15.8. The number of nitrogens with zero attached hydrogens (tertiary/aromatic N) is 4. The molecule has 136 valence electrons. The molecule has 0 saturated carbocycles. The molecule has 0 saturated heterocycles. The molecule has 0 aliphatic heterocycles.